The van der Waals surface area contributed by atoms with E-state index < -0.39 is 0 Å². The Kier molecular flexibility index (Phi) is 4.72. The van der Waals surface area contributed by atoms with Gasteiger partial charge in [-0.1, -0.05) is 19.9 Å². The minimum Gasteiger partial charge on any atom is -0.329 e. The summed E-state index contributed by atoms with van der Waals surface area (Å²) in [6.07, 6.45) is 1.83. The Morgan fingerprint density at radius 1 is 1.47 bits per heavy atom. The molecule has 0 amide bonds. The van der Waals surface area contributed by atoms with Gasteiger partial charge in [-0.2, -0.15) is 0 Å². The first-order valence-electron chi connectivity index (χ1n) is 5.49. The topological polar surface area (TPSA) is 50.9 Å². The van der Waals surface area contributed by atoms with E-state index >= 15 is 0 Å². The van der Waals surface area contributed by atoms with E-state index in [-0.39, 0.29) is 0 Å². The molecule has 0 fully saturated rings. The van der Waals surface area contributed by atoms with Gasteiger partial charge in [0, 0.05) is 25.3 Å². The maximum absolute atomic E-state index is 5.69. The lowest BCUT2D eigenvalue weighted by molar-refractivity contribution is 0.402. The third kappa shape index (κ3) is 3.61. The fraction of sp³-hybridized carbons (Fsp3) is 0.583. The normalized spacial score (nSPS) is 13.1. The molecule has 3 nitrogen and oxygen atoms in total. The van der Waals surface area contributed by atoms with Gasteiger partial charge < -0.3 is 11.1 Å². The molecule has 84 valence electrons. The van der Waals surface area contributed by atoms with Gasteiger partial charge >= 0.3 is 0 Å². The highest BCUT2D eigenvalue weighted by molar-refractivity contribution is 5.17. The molecular formula is C12H21N3. The summed E-state index contributed by atoms with van der Waals surface area (Å²) in [6, 6.07) is 4.41. The van der Waals surface area contributed by atoms with E-state index in [4.69, 9.17) is 5.73 Å². The van der Waals surface area contributed by atoms with Crippen molar-refractivity contribution in [2.24, 2.45) is 11.7 Å². The second kappa shape index (κ2) is 5.83. The van der Waals surface area contributed by atoms with Crippen molar-refractivity contribution in [2.45, 2.75) is 33.4 Å². The van der Waals surface area contributed by atoms with Crippen LogP contribution in [-0.4, -0.2) is 17.6 Å². The zero-order chi connectivity index (χ0) is 11.3. The predicted molar refractivity (Wildman–Crippen MR) is 63.5 cm³/mol. The van der Waals surface area contributed by atoms with Crippen LogP contribution in [0, 0.1) is 12.8 Å². The molecule has 1 heterocycles. The van der Waals surface area contributed by atoms with Crippen LogP contribution in [0.5, 0.6) is 0 Å². The van der Waals surface area contributed by atoms with Gasteiger partial charge in [-0.15, -0.1) is 0 Å². The van der Waals surface area contributed by atoms with Crippen molar-refractivity contribution in [3.63, 3.8) is 0 Å². The van der Waals surface area contributed by atoms with Crippen LogP contribution in [0.25, 0.3) is 0 Å². The SMILES string of the molecule is Cc1cccnc1CNC(CN)C(C)C. The number of hydrogen-bond donors (Lipinski definition) is 2. The zero-order valence-corrected chi connectivity index (χ0v) is 9.83. The van der Waals surface area contributed by atoms with E-state index in [1.165, 1.54) is 5.56 Å². The summed E-state index contributed by atoms with van der Waals surface area (Å²) >= 11 is 0. The van der Waals surface area contributed by atoms with Crippen molar-refractivity contribution in [2.75, 3.05) is 6.54 Å². The van der Waals surface area contributed by atoms with Gasteiger partial charge in [0.1, 0.15) is 0 Å². The van der Waals surface area contributed by atoms with E-state index in [9.17, 15) is 0 Å². The van der Waals surface area contributed by atoms with Gasteiger partial charge in [-0.05, 0) is 24.5 Å². The number of nitrogens with one attached hydrogen (secondary N) is 1. The minimum atomic E-state index is 0.367. The van der Waals surface area contributed by atoms with Crippen LogP contribution in [0.4, 0.5) is 0 Å². The molecule has 3 N–H and O–H groups in total. The van der Waals surface area contributed by atoms with Crippen LogP contribution in [0.1, 0.15) is 25.1 Å². The molecule has 15 heavy (non-hydrogen) atoms. The third-order valence-corrected chi connectivity index (χ3v) is 2.71. The maximum Gasteiger partial charge on any atom is 0.0570 e. The van der Waals surface area contributed by atoms with Gasteiger partial charge in [-0.25, -0.2) is 0 Å². The largest absolute Gasteiger partial charge is 0.329 e. The summed E-state index contributed by atoms with van der Waals surface area (Å²) in [7, 11) is 0. The lowest BCUT2D eigenvalue weighted by atomic mass is 10.0. The van der Waals surface area contributed by atoms with E-state index in [1.54, 1.807) is 0 Å². The molecule has 0 aliphatic rings. The molecular weight excluding hydrogens is 186 g/mol. The summed E-state index contributed by atoms with van der Waals surface area (Å²) in [6.45, 7) is 7.90. The van der Waals surface area contributed by atoms with E-state index in [1.807, 2.05) is 12.3 Å². The lowest BCUT2D eigenvalue weighted by Crippen LogP contribution is -2.40. The molecule has 0 aromatic carbocycles. The summed E-state index contributed by atoms with van der Waals surface area (Å²) in [4.78, 5) is 4.34. The van der Waals surface area contributed by atoms with Crippen molar-refractivity contribution >= 4 is 0 Å². The van der Waals surface area contributed by atoms with Crippen molar-refractivity contribution in [3.05, 3.63) is 29.6 Å². The Labute approximate surface area is 92.1 Å². The van der Waals surface area contributed by atoms with Gasteiger partial charge in [0.05, 0.1) is 5.69 Å². The number of nitrogens with zero attached hydrogens (tertiary/aromatic N) is 1. The van der Waals surface area contributed by atoms with Crippen LogP contribution in [0.2, 0.25) is 0 Å². The van der Waals surface area contributed by atoms with Crippen molar-refractivity contribution in [1.29, 1.82) is 0 Å². The van der Waals surface area contributed by atoms with Crippen LogP contribution in [-0.2, 0) is 6.54 Å². The summed E-state index contributed by atoms with van der Waals surface area (Å²) in [5.74, 6) is 0.555. The van der Waals surface area contributed by atoms with E-state index in [0.29, 0.717) is 18.5 Å². The highest BCUT2D eigenvalue weighted by Crippen LogP contribution is 2.05. The Morgan fingerprint density at radius 3 is 2.73 bits per heavy atom. The average Bonchev–Trinajstić information content (AvgIpc) is 2.21. The molecule has 1 rings (SSSR count). The fourth-order valence-electron chi connectivity index (χ4n) is 1.52. The first kappa shape index (κ1) is 12.1. The quantitative estimate of drug-likeness (QED) is 0.768. The molecule has 0 saturated heterocycles. The molecule has 1 atom stereocenters. The predicted octanol–water partition coefficient (Wildman–Crippen LogP) is 1.46. The molecule has 0 bridgehead atoms. The molecule has 0 spiro atoms. The second-order valence-electron chi connectivity index (χ2n) is 4.23. The first-order chi connectivity index (χ1) is 7.15. The van der Waals surface area contributed by atoms with Crippen molar-refractivity contribution in [3.8, 4) is 0 Å². The molecule has 1 aromatic rings. The number of aryl methyl sites for hydroxylation is 1. The number of hydrogen-bond acceptors (Lipinski definition) is 3. The van der Waals surface area contributed by atoms with E-state index in [2.05, 4.69) is 37.1 Å². The number of pyridine rings is 1. The van der Waals surface area contributed by atoms with Crippen molar-refractivity contribution in [1.82, 2.24) is 10.3 Å². The Morgan fingerprint density at radius 2 is 2.20 bits per heavy atom. The number of nitrogens with two attached hydrogens (primary N) is 1. The lowest BCUT2D eigenvalue weighted by Gasteiger charge is -2.20. The highest BCUT2D eigenvalue weighted by Gasteiger charge is 2.10. The van der Waals surface area contributed by atoms with Gasteiger partial charge in [0.2, 0.25) is 0 Å². The first-order valence-corrected chi connectivity index (χ1v) is 5.49. The van der Waals surface area contributed by atoms with Gasteiger partial charge in [0.15, 0.2) is 0 Å². The Hall–Kier alpha value is -0.930. The Bertz CT molecular complexity index is 297. The van der Waals surface area contributed by atoms with E-state index in [0.717, 1.165) is 12.2 Å². The van der Waals surface area contributed by atoms with Crippen LogP contribution >= 0.6 is 0 Å². The molecule has 1 aromatic heterocycles. The second-order valence-corrected chi connectivity index (χ2v) is 4.23. The summed E-state index contributed by atoms with van der Waals surface area (Å²) in [5, 5.41) is 3.44. The molecule has 0 saturated carbocycles. The van der Waals surface area contributed by atoms with Gasteiger partial charge in [0.25, 0.3) is 0 Å². The highest BCUT2D eigenvalue weighted by atomic mass is 15.0. The van der Waals surface area contributed by atoms with Crippen molar-refractivity contribution < 1.29 is 0 Å². The minimum absolute atomic E-state index is 0.367. The van der Waals surface area contributed by atoms with Crippen LogP contribution < -0.4 is 11.1 Å². The summed E-state index contributed by atoms with van der Waals surface area (Å²) in [5.41, 5.74) is 8.03. The average molecular weight is 207 g/mol. The molecule has 3 heteroatoms. The fourth-order valence-corrected chi connectivity index (χ4v) is 1.52. The molecule has 0 aliphatic carbocycles. The number of aromatic nitrogens is 1. The van der Waals surface area contributed by atoms with Crippen LogP contribution in [0.15, 0.2) is 18.3 Å². The summed E-state index contributed by atoms with van der Waals surface area (Å²) < 4.78 is 0. The Balaban J connectivity index is 2.53. The molecule has 1 unspecified atom stereocenters. The number of rotatable bonds is 5. The zero-order valence-electron chi connectivity index (χ0n) is 9.83. The smallest absolute Gasteiger partial charge is 0.0570 e. The van der Waals surface area contributed by atoms with Gasteiger partial charge in [-0.3, -0.25) is 4.98 Å². The molecule has 0 radical (unpaired) electrons. The monoisotopic (exact) mass is 207 g/mol. The molecule has 0 aliphatic heterocycles. The van der Waals surface area contributed by atoms with Crippen LogP contribution in [0.3, 0.4) is 0 Å². The standard InChI is InChI=1S/C12H21N3/c1-9(2)11(7-13)15-8-12-10(3)5-4-6-14-12/h4-6,9,11,15H,7-8,13H2,1-3H3. The third-order valence-electron chi connectivity index (χ3n) is 2.71. The maximum atomic E-state index is 5.69.